The van der Waals surface area contributed by atoms with E-state index in [1.807, 2.05) is 6.07 Å². The van der Waals surface area contributed by atoms with Gasteiger partial charge in [0.05, 0.1) is 0 Å². The van der Waals surface area contributed by atoms with Gasteiger partial charge in [-0.05, 0) is 43.5 Å². The number of hydrogen-bond acceptors (Lipinski definition) is 2. The van der Waals surface area contributed by atoms with E-state index in [9.17, 15) is 0 Å². The average Bonchev–Trinajstić information content (AvgIpc) is 2.40. The van der Waals surface area contributed by atoms with Crippen LogP contribution >= 0.6 is 11.6 Å². The summed E-state index contributed by atoms with van der Waals surface area (Å²) in [6.07, 6.45) is 3.61. The Morgan fingerprint density at radius 1 is 1.17 bits per heavy atom. The van der Waals surface area contributed by atoms with Crippen molar-refractivity contribution in [3.8, 4) is 0 Å². The van der Waals surface area contributed by atoms with Crippen LogP contribution in [-0.4, -0.2) is 49.1 Å². The van der Waals surface area contributed by atoms with Crippen LogP contribution in [0.1, 0.15) is 17.5 Å². The Morgan fingerprint density at radius 3 is 2.72 bits per heavy atom. The molecule has 0 radical (unpaired) electrons. The molecule has 1 aliphatic heterocycles. The maximum absolute atomic E-state index is 6.34. The monoisotopic (exact) mass is 264 g/mol. The van der Waals surface area contributed by atoms with Crippen LogP contribution in [0.5, 0.6) is 0 Å². The molecule has 0 aromatic heterocycles. The first-order valence-electron chi connectivity index (χ1n) is 6.93. The van der Waals surface area contributed by atoms with Crippen LogP contribution in [0.25, 0.3) is 0 Å². The second-order valence-electron chi connectivity index (χ2n) is 5.61. The fraction of sp³-hybridized carbons (Fsp3) is 0.600. The molecule has 3 rings (SSSR count). The van der Waals surface area contributed by atoms with Gasteiger partial charge in [0.1, 0.15) is 0 Å². The number of benzene rings is 1. The van der Waals surface area contributed by atoms with Crippen LogP contribution in [0.4, 0.5) is 0 Å². The number of nitrogens with zero attached hydrogens (tertiary/aromatic N) is 2. The molecule has 18 heavy (non-hydrogen) atoms. The van der Waals surface area contributed by atoms with Gasteiger partial charge in [-0.2, -0.15) is 0 Å². The summed E-state index contributed by atoms with van der Waals surface area (Å²) in [6.45, 7) is 4.82. The first-order valence-corrected chi connectivity index (χ1v) is 7.30. The zero-order chi connectivity index (χ0) is 12.5. The largest absolute Gasteiger partial charge is 0.304 e. The fourth-order valence-electron chi connectivity index (χ4n) is 3.22. The smallest absolute Gasteiger partial charge is 0.0441 e. The summed E-state index contributed by atoms with van der Waals surface area (Å²) in [4.78, 5) is 5.08. The molecule has 1 aliphatic carbocycles. The van der Waals surface area contributed by atoms with Crippen LogP contribution in [0.3, 0.4) is 0 Å². The number of likely N-dealkylation sites (N-methyl/N-ethyl adjacent to an activating group) is 1. The molecule has 0 N–H and O–H groups in total. The van der Waals surface area contributed by atoms with Gasteiger partial charge in [-0.25, -0.2) is 0 Å². The normalized spacial score (nSPS) is 26.0. The van der Waals surface area contributed by atoms with E-state index in [1.165, 1.54) is 50.1 Å². The summed E-state index contributed by atoms with van der Waals surface area (Å²) < 4.78 is 0. The highest BCUT2D eigenvalue weighted by molar-refractivity contribution is 6.31. The molecule has 0 spiro atoms. The lowest BCUT2D eigenvalue weighted by molar-refractivity contribution is 0.104. The lowest BCUT2D eigenvalue weighted by Gasteiger charge is -2.40. The van der Waals surface area contributed by atoms with Gasteiger partial charge in [0.15, 0.2) is 0 Å². The summed E-state index contributed by atoms with van der Waals surface area (Å²) in [5.74, 6) is 0. The average molecular weight is 265 g/mol. The van der Waals surface area contributed by atoms with Gasteiger partial charge >= 0.3 is 0 Å². The Morgan fingerprint density at radius 2 is 1.94 bits per heavy atom. The molecule has 3 heteroatoms. The van der Waals surface area contributed by atoms with Crippen molar-refractivity contribution in [3.63, 3.8) is 0 Å². The van der Waals surface area contributed by atoms with E-state index < -0.39 is 0 Å². The van der Waals surface area contributed by atoms with Gasteiger partial charge in [-0.15, -0.1) is 0 Å². The number of aryl methyl sites for hydroxylation is 1. The molecule has 0 amide bonds. The molecule has 1 heterocycles. The lowest BCUT2D eigenvalue weighted by Crippen LogP contribution is -2.50. The van der Waals surface area contributed by atoms with Crippen LogP contribution in [0, 0.1) is 0 Å². The lowest BCUT2D eigenvalue weighted by atomic mass is 9.87. The Bertz CT molecular complexity index is 425. The van der Waals surface area contributed by atoms with Crippen LogP contribution in [0.2, 0.25) is 5.02 Å². The van der Waals surface area contributed by atoms with Crippen molar-refractivity contribution in [1.82, 2.24) is 9.80 Å². The molecule has 1 unspecified atom stereocenters. The molecule has 1 saturated heterocycles. The van der Waals surface area contributed by atoms with Gasteiger partial charge in [-0.1, -0.05) is 23.7 Å². The predicted molar refractivity (Wildman–Crippen MR) is 76.3 cm³/mol. The summed E-state index contributed by atoms with van der Waals surface area (Å²) in [7, 11) is 2.21. The number of fused-ring (bicyclic) bond motifs is 1. The molecular weight excluding hydrogens is 244 g/mol. The number of piperazine rings is 1. The molecule has 1 fully saturated rings. The highest BCUT2D eigenvalue weighted by Gasteiger charge is 2.27. The minimum absolute atomic E-state index is 0.700. The summed E-state index contributed by atoms with van der Waals surface area (Å²) >= 11 is 6.34. The molecule has 98 valence electrons. The minimum atomic E-state index is 0.700. The summed E-state index contributed by atoms with van der Waals surface area (Å²) in [6, 6.07) is 7.05. The van der Waals surface area contributed by atoms with Gasteiger partial charge < -0.3 is 4.90 Å². The quantitative estimate of drug-likeness (QED) is 0.769. The Labute approximate surface area is 115 Å². The Hall–Kier alpha value is -0.570. The van der Waals surface area contributed by atoms with Crippen molar-refractivity contribution in [2.24, 2.45) is 0 Å². The van der Waals surface area contributed by atoms with Crippen molar-refractivity contribution in [2.75, 3.05) is 33.2 Å². The van der Waals surface area contributed by atoms with Crippen molar-refractivity contribution < 1.29 is 0 Å². The van der Waals surface area contributed by atoms with E-state index in [1.54, 1.807) is 0 Å². The Balaban J connectivity index is 1.73. The third kappa shape index (κ3) is 2.42. The first-order chi connectivity index (χ1) is 8.74. The zero-order valence-electron chi connectivity index (χ0n) is 11.0. The molecule has 0 bridgehead atoms. The molecule has 1 aromatic rings. The zero-order valence-corrected chi connectivity index (χ0v) is 11.8. The second-order valence-corrected chi connectivity index (χ2v) is 6.02. The second kappa shape index (κ2) is 5.20. The molecule has 2 nitrogen and oxygen atoms in total. The van der Waals surface area contributed by atoms with E-state index in [-0.39, 0.29) is 0 Å². The maximum Gasteiger partial charge on any atom is 0.0441 e. The SMILES string of the molecule is CN1CCN(C2CCc3cccc(Cl)c3C2)CC1. The molecule has 0 saturated carbocycles. The maximum atomic E-state index is 6.34. The molecule has 2 aliphatic rings. The third-order valence-electron chi connectivity index (χ3n) is 4.46. The molecule has 1 atom stereocenters. The number of hydrogen-bond donors (Lipinski definition) is 0. The van der Waals surface area contributed by atoms with Crippen molar-refractivity contribution in [1.29, 1.82) is 0 Å². The van der Waals surface area contributed by atoms with Gasteiger partial charge in [-0.3, -0.25) is 4.90 Å². The molecular formula is C15H21ClN2. The van der Waals surface area contributed by atoms with E-state index in [2.05, 4.69) is 29.0 Å². The predicted octanol–water partition coefficient (Wildman–Crippen LogP) is 2.44. The summed E-state index contributed by atoms with van der Waals surface area (Å²) in [5, 5.41) is 0.964. The van der Waals surface area contributed by atoms with Crippen LogP contribution in [-0.2, 0) is 12.8 Å². The number of rotatable bonds is 1. The van der Waals surface area contributed by atoms with Crippen LogP contribution in [0.15, 0.2) is 18.2 Å². The van der Waals surface area contributed by atoms with Crippen molar-refractivity contribution >= 4 is 11.6 Å². The van der Waals surface area contributed by atoms with E-state index in [0.717, 1.165) is 11.4 Å². The molecule has 1 aromatic carbocycles. The van der Waals surface area contributed by atoms with E-state index in [0.29, 0.717) is 6.04 Å². The van der Waals surface area contributed by atoms with Crippen molar-refractivity contribution in [2.45, 2.75) is 25.3 Å². The topological polar surface area (TPSA) is 6.48 Å². The highest BCUT2D eigenvalue weighted by atomic mass is 35.5. The third-order valence-corrected chi connectivity index (χ3v) is 4.81. The van der Waals surface area contributed by atoms with E-state index >= 15 is 0 Å². The van der Waals surface area contributed by atoms with E-state index in [4.69, 9.17) is 11.6 Å². The Kier molecular flexibility index (Phi) is 3.60. The number of halogens is 1. The fourth-order valence-corrected chi connectivity index (χ4v) is 3.50. The van der Waals surface area contributed by atoms with Crippen molar-refractivity contribution in [3.05, 3.63) is 34.3 Å². The van der Waals surface area contributed by atoms with Gasteiger partial charge in [0.2, 0.25) is 0 Å². The van der Waals surface area contributed by atoms with Gasteiger partial charge in [0, 0.05) is 37.2 Å². The highest BCUT2D eigenvalue weighted by Crippen LogP contribution is 2.30. The minimum Gasteiger partial charge on any atom is -0.304 e. The standard InChI is InChI=1S/C15H21ClN2/c1-17-7-9-18(10-8-17)13-6-5-12-3-2-4-15(16)14(12)11-13/h2-4,13H,5-11H2,1H3. The first kappa shape index (κ1) is 12.5. The van der Waals surface area contributed by atoms with Gasteiger partial charge in [0.25, 0.3) is 0 Å². The summed E-state index contributed by atoms with van der Waals surface area (Å²) in [5.41, 5.74) is 2.86. The van der Waals surface area contributed by atoms with Crippen LogP contribution < -0.4 is 0 Å².